The van der Waals surface area contributed by atoms with Gasteiger partial charge in [-0.05, 0) is 47.5 Å². The largest absolute Gasteiger partial charge is 0.495 e. The fourth-order valence-electron chi connectivity index (χ4n) is 3.40. The van der Waals surface area contributed by atoms with Crippen LogP contribution < -0.4 is 14.4 Å². The van der Waals surface area contributed by atoms with Crippen molar-refractivity contribution in [2.75, 3.05) is 29.0 Å². The maximum atomic E-state index is 12.8. The predicted molar refractivity (Wildman–Crippen MR) is 111 cm³/mol. The molecule has 4 rings (SSSR count). The summed E-state index contributed by atoms with van der Waals surface area (Å²) in [7, 11) is -1.79. The molecule has 0 spiro atoms. The highest BCUT2D eigenvalue weighted by Gasteiger charge is 2.29. The molecule has 1 saturated heterocycles. The zero-order valence-electron chi connectivity index (χ0n) is 15.4. The van der Waals surface area contributed by atoms with Crippen LogP contribution in [0, 0.1) is 0 Å². The van der Waals surface area contributed by atoms with E-state index in [1.54, 1.807) is 24.3 Å². The van der Waals surface area contributed by atoms with Crippen LogP contribution in [0.2, 0.25) is 0 Å². The Hall–Kier alpha value is -3.06. The molecule has 1 N–H and O–H groups in total. The Labute approximate surface area is 163 Å². The summed E-state index contributed by atoms with van der Waals surface area (Å²) in [5.41, 5.74) is 1.47. The first-order chi connectivity index (χ1) is 13.5. The topological polar surface area (TPSA) is 75.7 Å². The van der Waals surface area contributed by atoms with E-state index < -0.39 is 10.0 Å². The first-order valence-electron chi connectivity index (χ1n) is 8.96. The molecule has 0 atom stereocenters. The summed E-state index contributed by atoms with van der Waals surface area (Å²) in [4.78, 5) is 12.8. The van der Waals surface area contributed by atoms with Gasteiger partial charge in [0.1, 0.15) is 5.75 Å². The lowest BCUT2D eigenvalue weighted by molar-refractivity contribution is 0.102. The SMILES string of the molecule is COc1ccc(N2CCCS2(=O)=O)cc1NC(=O)c1ccc2ccccc2c1. The van der Waals surface area contributed by atoms with Gasteiger partial charge in [0.25, 0.3) is 5.91 Å². The van der Waals surface area contributed by atoms with E-state index in [0.29, 0.717) is 35.7 Å². The number of carbonyl (C=O) groups excluding carboxylic acids is 1. The van der Waals surface area contributed by atoms with Gasteiger partial charge in [-0.15, -0.1) is 0 Å². The first-order valence-corrected chi connectivity index (χ1v) is 10.6. The molecular formula is C21H20N2O4S. The summed E-state index contributed by atoms with van der Waals surface area (Å²) in [6.45, 7) is 0.437. The Morgan fingerprint density at radius 3 is 2.54 bits per heavy atom. The molecule has 0 radical (unpaired) electrons. The lowest BCUT2D eigenvalue weighted by Crippen LogP contribution is -2.25. The van der Waals surface area contributed by atoms with Gasteiger partial charge in [-0.3, -0.25) is 9.10 Å². The third kappa shape index (κ3) is 3.41. The molecule has 0 aromatic heterocycles. The van der Waals surface area contributed by atoms with Crippen molar-refractivity contribution in [2.45, 2.75) is 6.42 Å². The Bertz CT molecular complexity index is 1160. The number of ether oxygens (including phenoxy) is 1. The Kier molecular flexibility index (Phi) is 4.68. The van der Waals surface area contributed by atoms with E-state index in [4.69, 9.17) is 4.74 Å². The molecule has 3 aromatic carbocycles. The van der Waals surface area contributed by atoms with Crippen LogP contribution in [0.1, 0.15) is 16.8 Å². The molecule has 7 heteroatoms. The number of hydrogen-bond donors (Lipinski definition) is 1. The Balaban J connectivity index is 1.65. The minimum Gasteiger partial charge on any atom is -0.495 e. The molecule has 3 aromatic rings. The maximum absolute atomic E-state index is 12.8. The van der Waals surface area contributed by atoms with Gasteiger partial charge in [-0.2, -0.15) is 0 Å². The third-order valence-corrected chi connectivity index (χ3v) is 6.70. The number of hydrogen-bond acceptors (Lipinski definition) is 4. The molecule has 1 fully saturated rings. The van der Waals surface area contributed by atoms with Gasteiger partial charge in [0, 0.05) is 12.1 Å². The monoisotopic (exact) mass is 396 g/mol. The van der Waals surface area contributed by atoms with Crippen molar-refractivity contribution in [1.29, 1.82) is 0 Å². The van der Waals surface area contributed by atoms with Gasteiger partial charge >= 0.3 is 0 Å². The van der Waals surface area contributed by atoms with Gasteiger partial charge in [0.05, 0.1) is 24.2 Å². The second-order valence-electron chi connectivity index (χ2n) is 6.64. The Morgan fingerprint density at radius 2 is 1.82 bits per heavy atom. The average molecular weight is 396 g/mol. The summed E-state index contributed by atoms with van der Waals surface area (Å²) in [6.07, 6.45) is 0.590. The number of methoxy groups -OCH3 is 1. The molecule has 0 unspecified atom stereocenters. The molecule has 6 nitrogen and oxygen atoms in total. The average Bonchev–Trinajstić information content (AvgIpc) is 3.06. The Morgan fingerprint density at radius 1 is 1.04 bits per heavy atom. The van der Waals surface area contributed by atoms with Crippen LogP contribution in [0.4, 0.5) is 11.4 Å². The van der Waals surface area contributed by atoms with E-state index in [1.807, 2.05) is 36.4 Å². The van der Waals surface area contributed by atoms with Crippen molar-refractivity contribution < 1.29 is 17.9 Å². The van der Waals surface area contributed by atoms with Gasteiger partial charge < -0.3 is 10.1 Å². The van der Waals surface area contributed by atoms with E-state index in [2.05, 4.69) is 5.32 Å². The number of benzene rings is 3. The van der Waals surface area contributed by atoms with E-state index in [1.165, 1.54) is 11.4 Å². The summed E-state index contributed by atoms with van der Waals surface area (Å²) in [6, 6.07) is 18.3. The quantitative estimate of drug-likeness (QED) is 0.731. The highest BCUT2D eigenvalue weighted by Crippen LogP contribution is 2.33. The van der Waals surface area contributed by atoms with Gasteiger partial charge in [-0.1, -0.05) is 30.3 Å². The van der Waals surface area contributed by atoms with Gasteiger partial charge in [0.2, 0.25) is 10.0 Å². The van der Waals surface area contributed by atoms with E-state index >= 15 is 0 Å². The molecule has 28 heavy (non-hydrogen) atoms. The maximum Gasteiger partial charge on any atom is 0.255 e. The highest BCUT2D eigenvalue weighted by molar-refractivity contribution is 7.93. The minimum atomic E-state index is -3.30. The van der Waals surface area contributed by atoms with Crippen LogP contribution in [0.5, 0.6) is 5.75 Å². The highest BCUT2D eigenvalue weighted by atomic mass is 32.2. The van der Waals surface area contributed by atoms with Crippen LogP contribution in [-0.4, -0.2) is 33.7 Å². The molecule has 1 heterocycles. The lowest BCUT2D eigenvalue weighted by atomic mass is 10.1. The zero-order chi connectivity index (χ0) is 19.7. The van der Waals surface area contributed by atoms with E-state index in [9.17, 15) is 13.2 Å². The molecule has 0 bridgehead atoms. The molecule has 0 saturated carbocycles. The zero-order valence-corrected chi connectivity index (χ0v) is 16.2. The molecule has 1 aliphatic heterocycles. The van der Waals surface area contributed by atoms with Crippen molar-refractivity contribution >= 4 is 38.1 Å². The van der Waals surface area contributed by atoms with Crippen LogP contribution in [0.25, 0.3) is 10.8 Å². The van der Waals surface area contributed by atoms with Crippen LogP contribution in [0.3, 0.4) is 0 Å². The van der Waals surface area contributed by atoms with Gasteiger partial charge in [-0.25, -0.2) is 8.42 Å². The molecule has 1 aliphatic rings. The van der Waals surface area contributed by atoms with E-state index in [-0.39, 0.29) is 11.7 Å². The summed E-state index contributed by atoms with van der Waals surface area (Å²) in [5, 5.41) is 4.87. The van der Waals surface area contributed by atoms with Crippen molar-refractivity contribution in [3.8, 4) is 5.75 Å². The fraction of sp³-hybridized carbons (Fsp3) is 0.190. The lowest BCUT2D eigenvalue weighted by Gasteiger charge is -2.19. The number of nitrogens with one attached hydrogen (secondary N) is 1. The number of amides is 1. The van der Waals surface area contributed by atoms with Gasteiger partial charge in [0.15, 0.2) is 0 Å². The molecule has 1 amide bonds. The number of anilines is 2. The van der Waals surface area contributed by atoms with Crippen molar-refractivity contribution in [1.82, 2.24) is 0 Å². The summed E-state index contributed by atoms with van der Waals surface area (Å²) < 4.78 is 31.1. The molecule has 144 valence electrons. The predicted octanol–water partition coefficient (Wildman–Crippen LogP) is 3.64. The standard InChI is InChI=1S/C21H20N2O4S/c1-27-20-10-9-18(23-11-4-12-28(23,25)26)14-19(20)22-21(24)17-8-7-15-5-2-3-6-16(15)13-17/h2-3,5-10,13-14H,4,11-12H2,1H3,(H,22,24). The van der Waals surface area contributed by atoms with E-state index in [0.717, 1.165) is 10.8 Å². The minimum absolute atomic E-state index is 0.137. The summed E-state index contributed by atoms with van der Waals surface area (Å²) >= 11 is 0. The number of rotatable bonds is 4. The number of carbonyl (C=O) groups is 1. The number of sulfonamides is 1. The second-order valence-corrected chi connectivity index (χ2v) is 8.66. The van der Waals surface area contributed by atoms with Crippen LogP contribution >= 0.6 is 0 Å². The number of fused-ring (bicyclic) bond motifs is 1. The number of nitrogens with zero attached hydrogens (tertiary/aromatic N) is 1. The second kappa shape index (κ2) is 7.16. The normalized spacial score (nSPS) is 15.5. The molecule has 0 aliphatic carbocycles. The van der Waals surface area contributed by atoms with Crippen molar-refractivity contribution in [3.63, 3.8) is 0 Å². The molecular weight excluding hydrogens is 376 g/mol. The summed E-state index contributed by atoms with van der Waals surface area (Å²) in [5.74, 6) is 0.317. The smallest absolute Gasteiger partial charge is 0.255 e. The van der Waals surface area contributed by atoms with Crippen LogP contribution in [0.15, 0.2) is 60.7 Å². The first kappa shape index (κ1) is 18.3. The fourth-order valence-corrected chi connectivity index (χ4v) is 4.96. The third-order valence-electron chi connectivity index (χ3n) is 4.83. The van der Waals surface area contributed by atoms with Crippen LogP contribution in [-0.2, 0) is 10.0 Å². The van der Waals surface area contributed by atoms with Crippen molar-refractivity contribution in [3.05, 3.63) is 66.2 Å². The van der Waals surface area contributed by atoms with Crippen molar-refractivity contribution in [2.24, 2.45) is 0 Å².